The maximum Gasteiger partial charge on any atom is 0.237 e. The van der Waals surface area contributed by atoms with Crippen molar-refractivity contribution >= 4 is 11.8 Å². The summed E-state index contributed by atoms with van der Waals surface area (Å²) in [6.07, 6.45) is 10.1. The highest BCUT2D eigenvalue weighted by atomic mass is 16.2. The van der Waals surface area contributed by atoms with E-state index >= 15 is 0 Å². The molecule has 1 aromatic rings. The van der Waals surface area contributed by atoms with Crippen LogP contribution in [0.15, 0.2) is 30.3 Å². The summed E-state index contributed by atoms with van der Waals surface area (Å²) in [5, 5.41) is 0. The molecule has 2 saturated carbocycles. The van der Waals surface area contributed by atoms with E-state index in [-0.39, 0.29) is 29.8 Å². The van der Waals surface area contributed by atoms with Crippen molar-refractivity contribution in [3.05, 3.63) is 35.9 Å². The molecule has 2 amide bonds. The Labute approximate surface area is 167 Å². The summed E-state index contributed by atoms with van der Waals surface area (Å²) in [7, 11) is 0. The van der Waals surface area contributed by atoms with E-state index < -0.39 is 0 Å². The number of rotatable bonds is 3. The number of hydrogen-bond donors (Lipinski definition) is 1. The number of carbonyl (C=O) groups excluding carboxylic acids is 2. The first-order valence-electron chi connectivity index (χ1n) is 11.0. The van der Waals surface area contributed by atoms with E-state index in [0.717, 1.165) is 12.1 Å². The molecule has 150 valence electrons. The molecule has 2 aliphatic carbocycles. The van der Waals surface area contributed by atoms with Gasteiger partial charge in [-0.05, 0) is 43.1 Å². The molecule has 3 atom stereocenters. The van der Waals surface area contributed by atoms with Gasteiger partial charge in [-0.15, -0.1) is 0 Å². The lowest BCUT2D eigenvalue weighted by molar-refractivity contribution is -0.146. The van der Waals surface area contributed by atoms with Crippen LogP contribution in [0.4, 0.5) is 0 Å². The molecular formula is C23H31N3O2. The molecule has 1 spiro atoms. The van der Waals surface area contributed by atoms with Gasteiger partial charge in [-0.1, -0.05) is 49.6 Å². The molecule has 4 aliphatic rings. The number of primary amides is 1. The lowest BCUT2D eigenvalue weighted by atomic mass is 9.58. The predicted molar refractivity (Wildman–Crippen MR) is 107 cm³/mol. The van der Waals surface area contributed by atoms with Crippen molar-refractivity contribution < 1.29 is 9.59 Å². The minimum Gasteiger partial charge on any atom is -0.369 e. The molecule has 2 aliphatic heterocycles. The zero-order chi connectivity index (χ0) is 19.3. The van der Waals surface area contributed by atoms with Crippen molar-refractivity contribution in [3.8, 4) is 0 Å². The van der Waals surface area contributed by atoms with Crippen molar-refractivity contribution in [2.45, 2.75) is 69.5 Å². The normalized spacial score (nSPS) is 32.9. The second-order valence-corrected chi connectivity index (χ2v) is 9.61. The fourth-order valence-corrected chi connectivity index (χ4v) is 6.57. The Morgan fingerprint density at radius 2 is 1.75 bits per heavy atom. The zero-order valence-corrected chi connectivity index (χ0v) is 16.6. The molecule has 28 heavy (non-hydrogen) atoms. The molecule has 2 N–H and O–H groups in total. The first-order chi connectivity index (χ1) is 13.6. The number of hydrogen-bond acceptors (Lipinski definition) is 3. The van der Waals surface area contributed by atoms with E-state index in [4.69, 9.17) is 5.73 Å². The van der Waals surface area contributed by atoms with Gasteiger partial charge >= 0.3 is 0 Å². The third kappa shape index (κ3) is 2.95. The average Bonchev–Trinajstić information content (AvgIpc) is 3.08. The molecule has 2 heterocycles. The van der Waals surface area contributed by atoms with Gasteiger partial charge in [0.05, 0.1) is 18.5 Å². The number of nitrogens with two attached hydrogens (primary N) is 1. The van der Waals surface area contributed by atoms with Crippen LogP contribution in [0.1, 0.15) is 63.0 Å². The Hall–Kier alpha value is -1.88. The maximum atomic E-state index is 13.2. The summed E-state index contributed by atoms with van der Waals surface area (Å²) >= 11 is 0. The number of nitrogens with zero attached hydrogens (tertiary/aromatic N) is 2. The molecule has 0 radical (unpaired) electrons. The van der Waals surface area contributed by atoms with Gasteiger partial charge in [-0.2, -0.15) is 0 Å². The minimum atomic E-state index is -0.289. The molecule has 0 unspecified atom stereocenters. The van der Waals surface area contributed by atoms with Crippen molar-refractivity contribution in [2.75, 3.05) is 13.1 Å². The van der Waals surface area contributed by atoms with Crippen LogP contribution in [0.25, 0.3) is 0 Å². The zero-order valence-electron chi connectivity index (χ0n) is 16.6. The van der Waals surface area contributed by atoms with Crippen LogP contribution in [0.2, 0.25) is 0 Å². The average molecular weight is 382 g/mol. The van der Waals surface area contributed by atoms with Gasteiger partial charge in [0.25, 0.3) is 0 Å². The lowest BCUT2D eigenvalue weighted by Gasteiger charge is -2.55. The summed E-state index contributed by atoms with van der Waals surface area (Å²) in [4.78, 5) is 29.8. The summed E-state index contributed by atoms with van der Waals surface area (Å²) in [5.41, 5.74) is 7.36. The van der Waals surface area contributed by atoms with Gasteiger partial charge in [0, 0.05) is 18.6 Å². The van der Waals surface area contributed by atoms with Crippen molar-refractivity contribution in [2.24, 2.45) is 17.1 Å². The second kappa shape index (κ2) is 6.87. The fraction of sp³-hybridized carbons (Fsp3) is 0.652. The van der Waals surface area contributed by atoms with E-state index in [1.54, 1.807) is 0 Å². The predicted octanol–water partition coefficient (Wildman–Crippen LogP) is 2.86. The van der Waals surface area contributed by atoms with Gasteiger partial charge in [-0.25, -0.2) is 0 Å². The minimum absolute atomic E-state index is 0.104. The van der Waals surface area contributed by atoms with E-state index in [1.165, 1.54) is 44.9 Å². The van der Waals surface area contributed by atoms with Gasteiger partial charge in [0.2, 0.25) is 11.8 Å². The first-order valence-corrected chi connectivity index (χ1v) is 11.0. The molecular weight excluding hydrogens is 350 g/mol. The van der Waals surface area contributed by atoms with Crippen molar-refractivity contribution in [1.29, 1.82) is 0 Å². The smallest absolute Gasteiger partial charge is 0.237 e. The molecule has 2 saturated heterocycles. The number of benzene rings is 1. The Kier molecular flexibility index (Phi) is 4.46. The van der Waals surface area contributed by atoms with Crippen LogP contribution in [-0.2, 0) is 9.59 Å². The quantitative estimate of drug-likeness (QED) is 0.875. The molecule has 0 aromatic heterocycles. The third-order valence-electron chi connectivity index (χ3n) is 7.95. The van der Waals surface area contributed by atoms with E-state index in [2.05, 4.69) is 4.90 Å². The molecule has 1 aromatic carbocycles. The summed E-state index contributed by atoms with van der Waals surface area (Å²) in [6.45, 7) is 1.38. The Morgan fingerprint density at radius 3 is 2.43 bits per heavy atom. The van der Waals surface area contributed by atoms with Crippen LogP contribution >= 0.6 is 0 Å². The number of carbonyl (C=O) groups is 2. The van der Waals surface area contributed by atoms with Crippen molar-refractivity contribution in [1.82, 2.24) is 9.80 Å². The number of piperazine rings is 1. The van der Waals surface area contributed by atoms with Crippen LogP contribution in [0.3, 0.4) is 0 Å². The topological polar surface area (TPSA) is 66.6 Å². The summed E-state index contributed by atoms with van der Waals surface area (Å²) in [6, 6.07) is 10.4. The van der Waals surface area contributed by atoms with E-state index in [1.807, 2.05) is 35.2 Å². The Balaban J connectivity index is 1.33. The Bertz CT molecular complexity index is 750. The second-order valence-electron chi connectivity index (χ2n) is 9.61. The molecule has 4 fully saturated rings. The third-order valence-corrected chi connectivity index (χ3v) is 7.95. The molecule has 0 bridgehead atoms. The van der Waals surface area contributed by atoms with E-state index in [0.29, 0.717) is 24.4 Å². The van der Waals surface area contributed by atoms with Gasteiger partial charge in [-0.3, -0.25) is 14.5 Å². The highest BCUT2D eigenvalue weighted by molar-refractivity contribution is 5.84. The van der Waals surface area contributed by atoms with Gasteiger partial charge in [0.1, 0.15) is 0 Å². The molecule has 5 heteroatoms. The van der Waals surface area contributed by atoms with Crippen molar-refractivity contribution in [3.63, 3.8) is 0 Å². The first kappa shape index (κ1) is 18.2. The van der Waals surface area contributed by atoms with Gasteiger partial charge < -0.3 is 10.6 Å². The van der Waals surface area contributed by atoms with Crippen LogP contribution in [0.5, 0.6) is 0 Å². The highest BCUT2D eigenvalue weighted by Crippen LogP contribution is 2.54. The largest absolute Gasteiger partial charge is 0.369 e. The molecule has 5 nitrogen and oxygen atoms in total. The Morgan fingerprint density at radius 1 is 1.04 bits per heavy atom. The number of fused-ring (bicyclic) bond motifs is 1. The summed E-state index contributed by atoms with van der Waals surface area (Å²) in [5.74, 6) is -0.409. The fourth-order valence-electron chi connectivity index (χ4n) is 6.57. The highest BCUT2D eigenvalue weighted by Gasteiger charge is 2.53. The van der Waals surface area contributed by atoms with Crippen LogP contribution in [-0.4, -0.2) is 46.8 Å². The lowest BCUT2D eigenvalue weighted by Crippen LogP contribution is -2.61. The van der Waals surface area contributed by atoms with E-state index in [9.17, 15) is 9.59 Å². The van der Waals surface area contributed by atoms with Crippen LogP contribution < -0.4 is 5.73 Å². The van der Waals surface area contributed by atoms with Gasteiger partial charge in [0.15, 0.2) is 0 Å². The summed E-state index contributed by atoms with van der Waals surface area (Å²) < 4.78 is 0. The molecule has 5 rings (SSSR count). The maximum absolute atomic E-state index is 13.2. The van der Waals surface area contributed by atoms with Crippen LogP contribution in [0, 0.1) is 11.3 Å². The SMILES string of the molecule is NC(=O)[C@@H]1C[C@@H]2CN(C3CC4(CCCCC4)C3)CC(=O)N2[C@@H]1c1ccccc1. The number of amides is 2. The monoisotopic (exact) mass is 381 g/mol. The standard InChI is InChI=1S/C23H31N3O2/c24-22(28)19-11-17-14-25(18-12-23(13-18)9-5-2-6-10-23)15-20(27)26(17)21(19)16-7-3-1-4-8-16/h1,3-4,7-8,17-19,21H,2,5-6,9-15H2,(H2,24,28)/t17-,19-,21-/m1/s1.